The first-order valence-corrected chi connectivity index (χ1v) is 6.36. The van der Waals surface area contributed by atoms with Gasteiger partial charge in [-0.05, 0) is 48.9 Å². The third-order valence-corrected chi connectivity index (χ3v) is 3.10. The Balaban J connectivity index is 2.08. The molecule has 0 heterocycles. The average molecular weight is 275 g/mol. The van der Waals surface area contributed by atoms with Gasteiger partial charge in [-0.1, -0.05) is 23.7 Å². The van der Waals surface area contributed by atoms with Crippen molar-refractivity contribution in [2.24, 2.45) is 0 Å². The van der Waals surface area contributed by atoms with Crippen molar-refractivity contribution < 1.29 is 4.79 Å². The molecule has 0 aliphatic rings. The van der Waals surface area contributed by atoms with Gasteiger partial charge in [0.25, 0.3) is 5.91 Å². The molecule has 19 heavy (non-hydrogen) atoms. The van der Waals surface area contributed by atoms with Crippen molar-refractivity contribution in [2.75, 3.05) is 5.73 Å². The summed E-state index contributed by atoms with van der Waals surface area (Å²) in [7, 11) is 0. The molecule has 0 bridgehead atoms. The van der Waals surface area contributed by atoms with E-state index in [9.17, 15) is 4.79 Å². The van der Waals surface area contributed by atoms with E-state index in [1.165, 1.54) is 0 Å². The first kappa shape index (κ1) is 13.4. The zero-order valence-electron chi connectivity index (χ0n) is 10.6. The van der Waals surface area contributed by atoms with E-state index in [1.54, 1.807) is 30.3 Å². The first-order valence-electron chi connectivity index (χ1n) is 5.98. The third kappa shape index (κ3) is 3.48. The van der Waals surface area contributed by atoms with Crippen LogP contribution in [-0.4, -0.2) is 5.91 Å². The van der Waals surface area contributed by atoms with E-state index < -0.39 is 0 Å². The summed E-state index contributed by atoms with van der Waals surface area (Å²) >= 11 is 5.93. The summed E-state index contributed by atoms with van der Waals surface area (Å²) in [4.78, 5) is 12.0. The molecule has 2 aromatic rings. The molecule has 0 saturated carbocycles. The number of carbonyl (C=O) groups is 1. The van der Waals surface area contributed by atoms with Crippen LogP contribution in [-0.2, 0) is 0 Å². The molecule has 0 unspecified atom stereocenters. The second-order valence-electron chi connectivity index (χ2n) is 4.37. The summed E-state index contributed by atoms with van der Waals surface area (Å²) < 4.78 is 0. The van der Waals surface area contributed by atoms with Crippen LogP contribution < -0.4 is 11.1 Å². The van der Waals surface area contributed by atoms with E-state index in [0.717, 1.165) is 5.56 Å². The third-order valence-electron chi connectivity index (χ3n) is 2.87. The smallest absolute Gasteiger partial charge is 0.251 e. The number of amides is 1. The molecular weight excluding hydrogens is 260 g/mol. The van der Waals surface area contributed by atoms with Gasteiger partial charge in [0.2, 0.25) is 0 Å². The van der Waals surface area contributed by atoms with Crippen molar-refractivity contribution in [1.82, 2.24) is 5.32 Å². The number of hydrogen-bond donors (Lipinski definition) is 2. The van der Waals surface area contributed by atoms with Crippen LogP contribution in [0.1, 0.15) is 28.9 Å². The topological polar surface area (TPSA) is 55.1 Å². The van der Waals surface area contributed by atoms with Gasteiger partial charge in [0.1, 0.15) is 0 Å². The van der Waals surface area contributed by atoms with Gasteiger partial charge in [-0.3, -0.25) is 4.79 Å². The molecule has 3 nitrogen and oxygen atoms in total. The zero-order valence-corrected chi connectivity index (χ0v) is 11.3. The fraction of sp³-hybridized carbons (Fsp3) is 0.133. The highest BCUT2D eigenvalue weighted by molar-refractivity contribution is 6.30. The fourth-order valence-corrected chi connectivity index (χ4v) is 1.97. The molecule has 1 atom stereocenters. The van der Waals surface area contributed by atoms with Crippen LogP contribution in [0.25, 0.3) is 0 Å². The Kier molecular flexibility index (Phi) is 4.07. The summed E-state index contributed by atoms with van der Waals surface area (Å²) in [6.07, 6.45) is 0. The Morgan fingerprint density at radius 1 is 1.21 bits per heavy atom. The number of rotatable bonds is 3. The fourth-order valence-electron chi connectivity index (χ4n) is 1.77. The van der Waals surface area contributed by atoms with Crippen LogP contribution in [0, 0.1) is 0 Å². The van der Waals surface area contributed by atoms with Gasteiger partial charge in [0, 0.05) is 16.3 Å². The van der Waals surface area contributed by atoms with Crippen molar-refractivity contribution in [3.63, 3.8) is 0 Å². The summed E-state index contributed by atoms with van der Waals surface area (Å²) in [5.41, 5.74) is 7.78. The van der Waals surface area contributed by atoms with Crippen LogP contribution in [0.5, 0.6) is 0 Å². The average Bonchev–Trinajstić information content (AvgIpc) is 2.39. The molecule has 0 fully saturated rings. The molecule has 4 heteroatoms. The summed E-state index contributed by atoms with van der Waals surface area (Å²) in [6, 6.07) is 14.2. The lowest BCUT2D eigenvalue weighted by atomic mass is 10.1. The molecule has 0 aromatic heterocycles. The highest BCUT2D eigenvalue weighted by atomic mass is 35.5. The minimum atomic E-state index is -0.132. The largest absolute Gasteiger partial charge is 0.399 e. The number of hydrogen-bond acceptors (Lipinski definition) is 2. The lowest BCUT2D eigenvalue weighted by molar-refractivity contribution is 0.0940. The van der Waals surface area contributed by atoms with Crippen molar-refractivity contribution in [1.29, 1.82) is 0 Å². The Morgan fingerprint density at radius 3 is 2.53 bits per heavy atom. The highest BCUT2D eigenvalue weighted by Crippen LogP contribution is 2.18. The maximum Gasteiger partial charge on any atom is 0.251 e. The zero-order chi connectivity index (χ0) is 13.8. The summed E-state index contributed by atoms with van der Waals surface area (Å²) in [5.74, 6) is -0.132. The predicted molar refractivity (Wildman–Crippen MR) is 78.2 cm³/mol. The molecule has 0 aliphatic heterocycles. The molecule has 0 saturated heterocycles. The maximum absolute atomic E-state index is 12.0. The van der Waals surface area contributed by atoms with Crippen molar-refractivity contribution in [2.45, 2.75) is 13.0 Å². The number of nitrogens with two attached hydrogens (primary N) is 1. The molecule has 2 aromatic carbocycles. The minimum absolute atomic E-state index is 0.108. The number of anilines is 1. The first-order chi connectivity index (χ1) is 9.06. The van der Waals surface area contributed by atoms with Gasteiger partial charge >= 0.3 is 0 Å². The number of nitrogen functional groups attached to an aromatic ring is 1. The van der Waals surface area contributed by atoms with Crippen molar-refractivity contribution >= 4 is 23.2 Å². The number of benzene rings is 2. The van der Waals surface area contributed by atoms with E-state index in [2.05, 4.69) is 5.32 Å². The van der Waals surface area contributed by atoms with Crippen LogP contribution in [0.15, 0.2) is 48.5 Å². The number of halogens is 1. The number of nitrogens with one attached hydrogen (secondary N) is 1. The van der Waals surface area contributed by atoms with Gasteiger partial charge in [-0.15, -0.1) is 0 Å². The van der Waals surface area contributed by atoms with Crippen molar-refractivity contribution in [3.8, 4) is 0 Å². The Labute approximate surface area is 117 Å². The van der Waals surface area contributed by atoms with Gasteiger partial charge < -0.3 is 11.1 Å². The van der Waals surface area contributed by atoms with Gasteiger partial charge in [-0.25, -0.2) is 0 Å². The molecule has 0 spiro atoms. The molecular formula is C15H15ClN2O. The molecule has 0 radical (unpaired) electrons. The Morgan fingerprint density at radius 2 is 1.89 bits per heavy atom. The van der Waals surface area contributed by atoms with E-state index in [1.807, 2.05) is 25.1 Å². The standard InChI is InChI=1S/C15H15ClN2O/c1-10(12-3-2-4-13(16)9-12)18-15(19)11-5-7-14(17)8-6-11/h2-10H,17H2,1H3,(H,18,19)/t10-/m1/s1. The summed E-state index contributed by atoms with van der Waals surface area (Å²) in [6.45, 7) is 1.92. The van der Waals surface area contributed by atoms with Crippen LogP contribution >= 0.6 is 11.6 Å². The second-order valence-corrected chi connectivity index (χ2v) is 4.81. The van der Waals surface area contributed by atoms with Gasteiger partial charge in [-0.2, -0.15) is 0 Å². The van der Waals surface area contributed by atoms with Gasteiger partial charge in [0.15, 0.2) is 0 Å². The minimum Gasteiger partial charge on any atom is -0.399 e. The lowest BCUT2D eigenvalue weighted by Crippen LogP contribution is -2.26. The van der Waals surface area contributed by atoms with Crippen LogP contribution in [0.3, 0.4) is 0 Å². The number of carbonyl (C=O) groups excluding carboxylic acids is 1. The maximum atomic E-state index is 12.0. The molecule has 1 amide bonds. The van der Waals surface area contributed by atoms with Crippen LogP contribution in [0.2, 0.25) is 5.02 Å². The van der Waals surface area contributed by atoms with Crippen molar-refractivity contribution in [3.05, 3.63) is 64.7 Å². The molecule has 2 rings (SSSR count). The quantitative estimate of drug-likeness (QED) is 0.843. The molecule has 98 valence electrons. The monoisotopic (exact) mass is 274 g/mol. The van der Waals surface area contributed by atoms with Crippen LogP contribution in [0.4, 0.5) is 5.69 Å². The van der Waals surface area contributed by atoms with E-state index in [-0.39, 0.29) is 11.9 Å². The Bertz CT molecular complexity index is 581. The molecule has 3 N–H and O–H groups in total. The van der Waals surface area contributed by atoms with E-state index in [0.29, 0.717) is 16.3 Å². The van der Waals surface area contributed by atoms with E-state index in [4.69, 9.17) is 17.3 Å². The van der Waals surface area contributed by atoms with Gasteiger partial charge in [0.05, 0.1) is 6.04 Å². The SMILES string of the molecule is C[C@@H](NC(=O)c1ccc(N)cc1)c1cccc(Cl)c1. The Hall–Kier alpha value is -2.00. The lowest BCUT2D eigenvalue weighted by Gasteiger charge is -2.14. The van der Waals surface area contributed by atoms with E-state index >= 15 is 0 Å². The summed E-state index contributed by atoms with van der Waals surface area (Å²) in [5, 5.41) is 3.58. The predicted octanol–water partition coefficient (Wildman–Crippen LogP) is 3.41. The normalized spacial score (nSPS) is 11.9. The highest BCUT2D eigenvalue weighted by Gasteiger charge is 2.11. The second kappa shape index (κ2) is 5.76. The molecule has 0 aliphatic carbocycles.